The SMILES string of the molecule is Cc1cc(C)c(C(C)(C)CC(=O)O)c(OC(=O)[C@](C)(N)C(=O)OC(C)(C)C)c1. The van der Waals surface area contributed by atoms with E-state index in [-0.39, 0.29) is 12.2 Å². The summed E-state index contributed by atoms with van der Waals surface area (Å²) in [7, 11) is 0. The highest BCUT2D eigenvalue weighted by Gasteiger charge is 2.43. The van der Waals surface area contributed by atoms with Crippen LogP contribution in [0.2, 0.25) is 0 Å². The molecule has 0 bridgehead atoms. The van der Waals surface area contributed by atoms with Gasteiger partial charge in [0.1, 0.15) is 11.4 Å². The standard InChI is InChI=1S/C21H31NO6/c1-12-9-13(2)16(20(6,7)11-15(23)24)14(10-12)27-17(25)21(8,22)18(26)28-19(3,4)5/h9-10H,11,22H2,1-8H3,(H,23,24)/t21-/m0/s1. The van der Waals surface area contributed by atoms with Crippen LogP contribution >= 0.6 is 0 Å². The lowest BCUT2D eigenvalue weighted by molar-refractivity contribution is -0.167. The Hall–Kier alpha value is -2.41. The summed E-state index contributed by atoms with van der Waals surface area (Å²) in [5.74, 6) is -2.66. The summed E-state index contributed by atoms with van der Waals surface area (Å²) in [5.41, 5.74) is 4.48. The first-order chi connectivity index (χ1) is 12.5. The van der Waals surface area contributed by atoms with Gasteiger partial charge in [-0.3, -0.25) is 4.79 Å². The van der Waals surface area contributed by atoms with E-state index >= 15 is 0 Å². The summed E-state index contributed by atoms with van der Waals surface area (Å²) >= 11 is 0. The van der Waals surface area contributed by atoms with Crippen molar-refractivity contribution < 1.29 is 29.0 Å². The van der Waals surface area contributed by atoms with Crippen molar-refractivity contribution in [2.24, 2.45) is 5.73 Å². The lowest BCUT2D eigenvalue weighted by Crippen LogP contribution is -2.56. The van der Waals surface area contributed by atoms with Gasteiger partial charge in [-0.2, -0.15) is 0 Å². The molecule has 0 aliphatic heterocycles. The Labute approximate surface area is 166 Å². The molecule has 0 aliphatic carbocycles. The fourth-order valence-electron chi connectivity index (χ4n) is 3.02. The first-order valence-corrected chi connectivity index (χ1v) is 9.05. The molecule has 0 spiro atoms. The minimum Gasteiger partial charge on any atom is -0.481 e. The molecule has 1 aromatic carbocycles. The van der Waals surface area contributed by atoms with Crippen LogP contribution in [0.1, 0.15) is 64.7 Å². The maximum atomic E-state index is 12.7. The first kappa shape index (κ1) is 23.6. The van der Waals surface area contributed by atoms with Crippen LogP contribution < -0.4 is 10.5 Å². The van der Waals surface area contributed by atoms with E-state index < -0.39 is 34.5 Å². The Morgan fingerprint density at radius 2 is 1.54 bits per heavy atom. The van der Waals surface area contributed by atoms with Gasteiger partial charge in [-0.05, 0) is 58.7 Å². The quantitative estimate of drug-likeness (QED) is 0.433. The summed E-state index contributed by atoms with van der Waals surface area (Å²) in [4.78, 5) is 36.4. The average molecular weight is 393 g/mol. The largest absolute Gasteiger partial charge is 0.481 e. The number of carbonyl (C=O) groups excluding carboxylic acids is 2. The molecule has 0 aromatic heterocycles. The number of hydrogen-bond donors (Lipinski definition) is 2. The van der Waals surface area contributed by atoms with Gasteiger partial charge in [-0.1, -0.05) is 19.9 Å². The number of aryl methyl sites for hydroxylation is 2. The van der Waals surface area contributed by atoms with E-state index in [1.54, 1.807) is 40.7 Å². The predicted molar refractivity (Wildman–Crippen MR) is 105 cm³/mol. The Morgan fingerprint density at radius 3 is 2.00 bits per heavy atom. The third-order valence-electron chi connectivity index (χ3n) is 4.16. The van der Waals surface area contributed by atoms with Crippen molar-refractivity contribution in [2.45, 2.75) is 78.4 Å². The van der Waals surface area contributed by atoms with Crippen molar-refractivity contribution in [3.05, 3.63) is 28.8 Å². The lowest BCUT2D eigenvalue weighted by Gasteiger charge is -2.30. The number of carboxylic acid groups (broad SMARTS) is 1. The molecule has 0 saturated heterocycles. The van der Waals surface area contributed by atoms with E-state index in [2.05, 4.69) is 0 Å². The molecule has 3 N–H and O–H groups in total. The van der Waals surface area contributed by atoms with Gasteiger partial charge in [0.2, 0.25) is 5.54 Å². The van der Waals surface area contributed by atoms with Crippen molar-refractivity contribution in [2.75, 3.05) is 0 Å². The normalized spacial score (nSPS) is 14.2. The molecular formula is C21H31NO6. The van der Waals surface area contributed by atoms with Crippen LogP contribution in [0, 0.1) is 13.8 Å². The maximum absolute atomic E-state index is 12.7. The minimum absolute atomic E-state index is 0.159. The van der Waals surface area contributed by atoms with E-state index in [0.717, 1.165) is 11.1 Å². The zero-order valence-corrected chi connectivity index (χ0v) is 17.9. The average Bonchev–Trinajstić information content (AvgIpc) is 2.42. The second kappa shape index (κ2) is 7.91. The monoisotopic (exact) mass is 393 g/mol. The van der Waals surface area contributed by atoms with Gasteiger partial charge >= 0.3 is 17.9 Å². The number of nitrogens with two attached hydrogens (primary N) is 1. The molecule has 7 heteroatoms. The highest BCUT2D eigenvalue weighted by atomic mass is 16.6. The first-order valence-electron chi connectivity index (χ1n) is 9.05. The van der Waals surface area contributed by atoms with Crippen LogP contribution in [-0.4, -0.2) is 34.2 Å². The number of benzene rings is 1. The van der Waals surface area contributed by atoms with Gasteiger partial charge in [0.25, 0.3) is 0 Å². The predicted octanol–water partition coefficient (Wildman–Crippen LogP) is 3.02. The van der Waals surface area contributed by atoms with Gasteiger partial charge in [-0.25, -0.2) is 9.59 Å². The fourth-order valence-corrected chi connectivity index (χ4v) is 3.02. The van der Waals surface area contributed by atoms with Gasteiger partial charge in [0.05, 0.1) is 6.42 Å². The molecule has 0 fully saturated rings. The molecule has 156 valence electrons. The molecule has 0 heterocycles. The third kappa shape index (κ3) is 5.79. The van der Waals surface area contributed by atoms with Gasteiger partial charge in [0, 0.05) is 11.0 Å². The number of esters is 2. The Morgan fingerprint density at radius 1 is 1.00 bits per heavy atom. The molecule has 1 atom stereocenters. The molecule has 0 unspecified atom stereocenters. The summed E-state index contributed by atoms with van der Waals surface area (Å²) < 4.78 is 10.7. The van der Waals surface area contributed by atoms with Crippen molar-refractivity contribution in [3.63, 3.8) is 0 Å². The number of hydrogen-bond acceptors (Lipinski definition) is 6. The van der Waals surface area contributed by atoms with Crippen molar-refractivity contribution in [1.29, 1.82) is 0 Å². The van der Waals surface area contributed by atoms with Crippen LogP contribution in [0.15, 0.2) is 12.1 Å². The Kier molecular flexibility index (Phi) is 6.68. The topological polar surface area (TPSA) is 116 Å². The van der Waals surface area contributed by atoms with Gasteiger partial charge in [0.15, 0.2) is 0 Å². The summed E-state index contributed by atoms with van der Waals surface area (Å²) in [5, 5.41) is 9.25. The molecule has 0 radical (unpaired) electrons. The zero-order chi connectivity index (χ0) is 22.1. The number of carbonyl (C=O) groups is 3. The van der Waals surface area contributed by atoms with Crippen LogP contribution in [0.3, 0.4) is 0 Å². The Balaban J connectivity index is 3.33. The molecule has 28 heavy (non-hydrogen) atoms. The van der Waals surface area contributed by atoms with Crippen molar-refractivity contribution in [1.82, 2.24) is 0 Å². The molecule has 1 aromatic rings. The fraction of sp³-hybridized carbons (Fsp3) is 0.571. The van der Waals surface area contributed by atoms with Crippen molar-refractivity contribution >= 4 is 17.9 Å². The third-order valence-corrected chi connectivity index (χ3v) is 4.16. The van der Waals surface area contributed by atoms with Crippen LogP contribution in [-0.2, 0) is 24.5 Å². The second-order valence-corrected chi connectivity index (χ2v) is 9.00. The van der Waals surface area contributed by atoms with E-state index in [9.17, 15) is 19.5 Å². The summed E-state index contributed by atoms with van der Waals surface area (Å²) in [6.45, 7) is 13.4. The highest BCUT2D eigenvalue weighted by Crippen LogP contribution is 2.38. The highest BCUT2D eigenvalue weighted by molar-refractivity contribution is 6.05. The molecule has 1 rings (SSSR count). The summed E-state index contributed by atoms with van der Waals surface area (Å²) in [6.07, 6.45) is -0.159. The van der Waals surface area contributed by atoms with Gasteiger partial charge in [-0.15, -0.1) is 0 Å². The second-order valence-electron chi connectivity index (χ2n) is 9.00. The molecule has 0 aliphatic rings. The Bertz CT molecular complexity index is 787. The minimum atomic E-state index is -2.01. The summed E-state index contributed by atoms with van der Waals surface area (Å²) in [6, 6.07) is 3.51. The smallest absolute Gasteiger partial charge is 0.342 e. The number of rotatable bonds is 6. The van der Waals surface area contributed by atoms with Crippen LogP contribution in [0.25, 0.3) is 0 Å². The molecule has 0 saturated carbocycles. The number of carboxylic acids is 1. The lowest BCUT2D eigenvalue weighted by atomic mass is 9.78. The number of ether oxygens (including phenoxy) is 2. The molecule has 7 nitrogen and oxygen atoms in total. The van der Waals surface area contributed by atoms with E-state index in [4.69, 9.17) is 15.2 Å². The van der Waals surface area contributed by atoms with Crippen LogP contribution in [0.5, 0.6) is 5.75 Å². The maximum Gasteiger partial charge on any atom is 0.342 e. The van der Waals surface area contributed by atoms with Crippen LogP contribution in [0.4, 0.5) is 0 Å². The van der Waals surface area contributed by atoms with E-state index in [0.29, 0.717) is 5.56 Å². The molecular weight excluding hydrogens is 362 g/mol. The number of aliphatic carboxylic acids is 1. The van der Waals surface area contributed by atoms with Crippen molar-refractivity contribution in [3.8, 4) is 5.75 Å². The molecule has 0 amide bonds. The van der Waals surface area contributed by atoms with E-state index in [1.807, 2.05) is 19.9 Å². The van der Waals surface area contributed by atoms with E-state index in [1.165, 1.54) is 6.92 Å². The zero-order valence-electron chi connectivity index (χ0n) is 17.9. The van der Waals surface area contributed by atoms with Gasteiger partial charge < -0.3 is 20.3 Å².